The van der Waals surface area contributed by atoms with Gasteiger partial charge in [-0.2, -0.15) is 0 Å². The van der Waals surface area contributed by atoms with Crippen molar-refractivity contribution in [3.05, 3.63) is 12.2 Å². The Morgan fingerprint density at radius 3 is 1.48 bits per heavy atom. The molecule has 1 N–H and O–H groups in total. The summed E-state index contributed by atoms with van der Waals surface area (Å²) in [6, 6.07) is 0. The summed E-state index contributed by atoms with van der Waals surface area (Å²) in [4.78, 5) is 36.1. The van der Waals surface area contributed by atoms with Crippen LogP contribution in [-0.2, 0) is 32.7 Å². The highest BCUT2D eigenvalue weighted by molar-refractivity contribution is 7.47. The lowest BCUT2D eigenvalue weighted by Gasteiger charge is -2.24. The highest BCUT2D eigenvalue weighted by atomic mass is 31.2. The van der Waals surface area contributed by atoms with Gasteiger partial charge in [-0.15, -0.1) is 0 Å². The number of likely N-dealkylation sites (N-methyl/N-ethyl adjacent to an activating group) is 1. The fourth-order valence-electron chi connectivity index (χ4n) is 5.56. The first-order valence-corrected chi connectivity index (χ1v) is 22.4. The Morgan fingerprint density at radius 2 is 1.04 bits per heavy atom. The number of nitrogens with zero attached hydrogens (tertiary/aromatic N) is 1. The summed E-state index contributed by atoms with van der Waals surface area (Å²) in [5.74, 6) is -2.19. The summed E-state index contributed by atoms with van der Waals surface area (Å²) in [5, 5.41) is 0. The number of quaternary nitrogens is 1. The standard InChI is InChI=1S/C42H82NO8P/c1-6-8-10-12-14-16-18-20-21-23-25-27-29-31-33-35-42(45)51-40(39-50-52(46,47)49-37-36-43(3,4)5)38-48-41(44)34-32-30-28-26-24-22-19-17-15-13-11-9-7-2/h20-21,40H,6-19,22-39H2,1-5H3/p+1/b21-20+/i38D2,39D2,40D. The van der Waals surface area contributed by atoms with Crippen LogP contribution in [-0.4, -0.2) is 74.8 Å². The van der Waals surface area contributed by atoms with Gasteiger partial charge in [0.05, 0.1) is 34.6 Å². The molecule has 9 nitrogen and oxygen atoms in total. The Kier molecular flexibility index (Phi) is 28.6. The van der Waals surface area contributed by atoms with Crippen LogP contribution in [0.2, 0.25) is 0 Å². The molecule has 0 amide bonds. The molecule has 0 rings (SSSR count). The molecule has 0 bridgehead atoms. The first-order valence-electron chi connectivity index (χ1n) is 23.4. The van der Waals surface area contributed by atoms with Crippen LogP contribution >= 0.6 is 7.82 Å². The first kappa shape index (κ1) is 41.9. The van der Waals surface area contributed by atoms with Gasteiger partial charge >= 0.3 is 19.8 Å². The molecular weight excluding hydrogens is 677 g/mol. The smallest absolute Gasteiger partial charge is 0.462 e. The van der Waals surface area contributed by atoms with E-state index in [1.807, 2.05) is 0 Å². The molecule has 0 aromatic carbocycles. The SMILES string of the molecule is [2H]C([2H])(OC(=O)CCCCCCCCCCCCCCC)C([2H])(OC(=O)CCCCCCC/C=C/CCCCCCCC)C([2H])([2H])OP(=O)(O)OCC[N+](C)(C)C. The Labute approximate surface area is 327 Å². The van der Waals surface area contributed by atoms with E-state index in [0.29, 0.717) is 30.2 Å². The number of carbonyl (C=O) groups excluding carboxylic acids is 2. The molecule has 0 aliphatic heterocycles. The minimum atomic E-state index is -5.25. The molecule has 0 aromatic heterocycles. The Balaban J connectivity index is 5.11. The van der Waals surface area contributed by atoms with Gasteiger partial charge in [-0.25, -0.2) is 4.57 Å². The molecule has 0 fully saturated rings. The molecule has 2 unspecified atom stereocenters. The van der Waals surface area contributed by atoms with Gasteiger partial charge in [-0.05, 0) is 38.5 Å². The molecule has 308 valence electrons. The number of carbonyl (C=O) groups is 2. The van der Waals surface area contributed by atoms with Gasteiger partial charge in [-0.1, -0.05) is 154 Å². The Hall–Kier alpha value is -1.25. The number of hydrogen-bond acceptors (Lipinski definition) is 7. The Morgan fingerprint density at radius 1 is 0.635 bits per heavy atom. The van der Waals surface area contributed by atoms with Crippen molar-refractivity contribution in [1.29, 1.82) is 0 Å². The van der Waals surface area contributed by atoms with E-state index in [9.17, 15) is 19.0 Å². The molecule has 0 saturated carbocycles. The van der Waals surface area contributed by atoms with E-state index >= 15 is 0 Å². The molecule has 2 atom stereocenters. The zero-order valence-electron chi connectivity index (χ0n) is 39.1. The lowest BCUT2D eigenvalue weighted by Crippen LogP contribution is -2.37. The molecule has 10 heteroatoms. The van der Waals surface area contributed by atoms with Crippen LogP contribution in [0.25, 0.3) is 0 Å². The van der Waals surface area contributed by atoms with E-state index in [1.54, 1.807) is 21.1 Å². The summed E-state index contributed by atoms with van der Waals surface area (Å²) < 4.78 is 75.4. The molecule has 0 spiro atoms. The van der Waals surface area contributed by atoms with Gasteiger partial charge in [0, 0.05) is 12.8 Å². The fourth-order valence-corrected chi connectivity index (χ4v) is 6.13. The molecule has 0 radical (unpaired) electrons. The zero-order valence-corrected chi connectivity index (χ0v) is 35.0. The van der Waals surface area contributed by atoms with Crippen molar-refractivity contribution in [3.63, 3.8) is 0 Å². The van der Waals surface area contributed by atoms with Crippen molar-refractivity contribution in [2.75, 3.05) is 47.4 Å². The van der Waals surface area contributed by atoms with Crippen LogP contribution < -0.4 is 0 Å². The van der Waals surface area contributed by atoms with Crippen LogP contribution in [0.1, 0.15) is 200 Å². The second-order valence-electron chi connectivity index (χ2n) is 15.2. The van der Waals surface area contributed by atoms with Crippen molar-refractivity contribution in [3.8, 4) is 0 Å². The highest BCUT2D eigenvalue weighted by Gasteiger charge is 2.27. The van der Waals surface area contributed by atoms with Gasteiger partial charge in [0.1, 0.15) is 19.7 Å². The fraction of sp³-hybridized carbons (Fsp3) is 0.905. The summed E-state index contributed by atoms with van der Waals surface area (Å²) in [6.07, 6.45) is 28.0. The number of hydrogen-bond donors (Lipinski definition) is 1. The number of phosphoric ester groups is 1. The summed E-state index contributed by atoms with van der Waals surface area (Å²) >= 11 is 0. The third-order valence-corrected chi connectivity index (χ3v) is 9.70. The van der Waals surface area contributed by atoms with Crippen LogP contribution in [0.15, 0.2) is 12.2 Å². The zero-order chi connectivity index (χ0) is 43.1. The first-order chi connectivity index (χ1) is 26.8. The van der Waals surface area contributed by atoms with Crippen molar-refractivity contribution >= 4 is 19.8 Å². The van der Waals surface area contributed by atoms with E-state index in [1.165, 1.54) is 89.9 Å². The van der Waals surface area contributed by atoms with Crippen LogP contribution in [0.3, 0.4) is 0 Å². The van der Waals surface area contributed by atoms with Crippen LogP contribution in [0, 0.1) is 0 Å². The number of unbranched alkanes of at least 4 members (excludes halogenated alkanes) is 23. The molecular formula is C42H83NO8P+. The number of esters is 2. The molecule has 0 aliphatic carbocycles. The largest absolute Gasteiger partial charge is 0.472 e. The summed E-state index contributed by atoms with van der Waals surface area (Å²) in [6.45, 7) is -3.04. The van der Waals surface area contributed by atoms with Gasteiger partial charge in [0.15, 0.2) is 6.08 Å². The summed E-state index contributed by atoms with van der Waals surface area (Å²) in [7, 11) is 0.158. The van der Waals surface area contributed by atoms with E-state index in [0.717, 1.165) is 51.4 Å². The van der Waals surface area contributed by atoms with Crippen molar-refractivity contribution in [2.45, 2.75) is 200 Å². The molecule has 52 heavy (non-hydrogen) atoms. The van der Waals surface area contributed by atoms with E-state index < -0.39 is 39.0 Å². The lowest BCUT2D eigenvalue weighted by atomic mass is 10.0. The van der Waals surface area contributed by atoms with Gasteiger partial charge < -0.3 is 18.9 Å². The number of allylic oxidation sites excluding steroid dienone is 2. The predicted molar refractivity (Wildman–Crippen MR) is 215 cm³/mol. The molecule has 0 aliphatic rings. The summed E-state index contributed by atoms with van der Waals surface area (Å²) in [5.41, 5.74) is 0. The average Bonchev–Trinajstić information content (AvgIpc) is 3.10. The monoisotopic (exact) mass is 766 g/mol. The van der Waals surface area contributed by atoms with Crippen molar-refractivity contribution in [1.82, 2.24) is 0 Å². The van der Waals surface area contributed by atoms with Crippen molar-refractivity contribution in [2.24, 2.45) is 0 Å². The highest BCUT2D eigenvalue weighted by Crippen LogP contribution is 2.43. The maximum atomic E-state index is 13.0. The second-order valence-corrected chi connectivity index (χ2v) is 16.6. The molecule has 0 saturated heterocycles. The minimum absolute atomic E-state index is 0.202. The number of rotatable bonds is 39. The van der Waals surface area contributed by atoms with Crippen LogP contribution in [0.5, 0.6) is 0 Å². The predicted octanol–water partition coefficient (Wildman–Crippen LogP) is 11.8. The second kappa shape index (κ2) is 35.5. The maximum Gasteiger partial charge on any atom is 0.472 e. The van der Waals surface area contributed by atoms with E-state index in [-0.39, 0.29) is 26.0 Å². The maximum absolute atomic E-state index is 13.0. The number of ether oxygens (including phenoxy) is 2. The molecule has 0 aromatic rings. The van der Waals surface area contributed by atoms with Gasteiger partial charge in [-0.3, -0.25) is 18.6 Å². The van der Waals surface area contributed by atoms with Crippen LogP contribution in [0.4, 0.5) is 0 Å². The average molecular weight is 766 g/mol. The quantitative estimate of drug-likeness (QED) is 0.0217. The van der Waals surface area contributed by atoms with Gasteiger partial charge in [0.25, 0.3) is 0 Å². The van der Waals surface area contributed by atoms with E-state index in [4.69, 9.17) is 25.4 Å². The normalized spacial score (nSPS) is 16.3. The minimum Gasteiger partial charge on any atom is -0.462 e. The molecule has 0 heterocycles. The third kappa shape index (κ3) is 38.5. The van der Waals surface area contributed by atoms with Crippen molar-refractivity contribution < 1.29 is 48.9 Å². The van der Waals surface area contributed by atoms with Gasteiger partial charge in [0.2, 0.25) is 0 Å². The third-order valence-electron chi connectivity index (χ3n) is 8.87. The number of phosphoric acid groups is 1. The lowest BCUT2D eigenvalue weighted by molar-refractivity contribution is -0.870. The Bertz CT molecular complexity index is 1120. The topological polar surface area (TPSA) is 108 Å². The van der Waals surface area contributed by atoms with E-state index in [2.05, 4.69) is 26.0 Å².